The summed E-state index contributed by atoms with van der Waals surface area (Å²) in [6, 6.07) is 18.9. The molecule has 0 saturated carbocycles. The van der Waals surface area contributed by atoms with Crippen molar-refractivity contribution in [3.63, 3.8) is 0 Å². The van der Waals surface area contributed by atoms with Crippen LogP contribution >= 0.6 is 0 Å². The molecule has 0 bridgehead atoms. The molecule has 0 atom stereocenters. The van der Waals surface area contributed by atoms with Gasteiger partial charge < -0.3 is 24.8 Å². The van der Waals surface area contributed by atoms with E-state index in [2.05, 4.69) is 15.4 Å². The summed E-state index contributed by atoms with van der Waals surface area (Å²) < 4.78 is 15.5. The molecule has 0 saturated heterocycles. The molecule has 3 aromatic carbocycles. The van der Waals surface area contributed by atoms with E-state index in [4.69, 9.17) is 9.47 Å². The lowest BCUT2D eigenvalue weighted by Crippen LogP contribution is -2.21. The van der Waals surface area contributed by atoms with Crippen LogP contribution in [-0.4, -0.2) is 37.5 Å². The Morgan fingerprint density at radius 2 is 1.30 bits per heavy atom. The highest BCUT2D eigenvalue weighted by molar-refractivity contribution is 5.95. The fraction of sp³-hybridized carbons (Fsp3) is 0.214. The number of benzene rings is 3. The van der Waals surface area contributed by atoms with E-state index in [-0.39, 0.29) is 18.7 Å². The molecule has 0 spiro atoms. The second-order valence-corrected chi connectivity index (χ2v) is 8.17. The fourth-order valence-electron chi connectivity index (χ4n) is 3.35. The summed E-state index contributed by atoms with van der Waals surface area (Å²) >= 11 is 0. The highest BCUT2D eigenvalue weighted by atomic mass is 16.5. The molecule has 9 nitrogen and oxygen atoms in total. The van der Waals surface area contributed by atoms with Crippen LogP contribution in [0.1, 0.15) is 34.3 Å². The summed E-state index contributed by atoms with van der Waals surface area (Å²) in [6.45, 7) is 3.45. The third-order valence-electron chi connectivity index (χ3n) is 5.28. The van der Waals surface area contributed by atoms with Crippen molar-refractivity contribution in [1.29, 1.82) is 0 Å². The van der Waals surface area contributed by atoms with Crippen LogP contribution in [0, 0.1) is 13.8 Å². The topological polar surface area (TPSA) is 120 Å². The van der Waals surface area contributed by atoms with Crippen molar-refractivity contribution in [3.05, 3.63) is 83.4 Å². The van der Waals surface area contributed by atoms with Gasteiger partial charge in [0.05, 0.1) is 19.1 Å². The van der Waals surface area contributed by atoms with Crippen LogP contribution in [0.15, 0.2) is 66.7 Å². The number of hydrogen-bond donors (Lipinski definition) is 2. The van der Waals surface area contributed by atoms with Gasteiger partial charge in [-0.25, -0.2) is 4.79 Å². The molecule has 2 N–H and O–H groups in total. The van der Waals surface area contributed by atoms with Gasteiger partial charge in [0, 0.05) is 17.8 Å². The molecule has 9 heteroatoms. The number of carbonyl (C=O) groups excluding carboxylic acids is 4. The normalized spacial score (nSPS) is 10.2. The molecule has 192 valence electrons. The standard InChI is InChI=1S/C28H28N2O7/c1-18-5-4-6-19(2)27(18)37-23-13-11-22(12-14-23)29-24(31)15-16-26(33)36-17-25(32)30-21-9-7-20(8-10-21)28(34)35-3/h4-14H,15-17H2,1-3H3,(H,29,31)(H,30,32). The van der Waals surface area contributed by atoms with Gasteiger partial charge in [-0.05, 0) is 73.5 Å². The molecule has 0 unspecified atom stereocenters. The van der Waals surface area contributed by atoms with Gasteiger partial charge in [0.15, 0.2) is 6.61 Å². The van der Waals surface area contributed by atoms with Crippen molar-refractivity contribution in [3.8, 4) is 11.5 Å². The van der Waals surface area contributed by atoms with Crippen molar-refractivity contribution in [1.82, 2.24) is 0 Å². The highest BCUT2D eigenvalue weighted by Gasteiger charge is 2.12. The molecule has 0 radical (unpaired) electrons. The minimum Gasteiger partial charge on any atom is -0.465 e. The molecule has 3 rings (SSSR count). The van der Waals surface area contributed by atoms with E-state index < -0.39 is 24.5 Å². The van der Waals surface area contributed by atoms with Gasteiger partial charge in [-0.2, -0.15) is 0 Å². The summed E-state index contributed by atoms with van der Waals surface area (Å²) in [6.07, 6.45) is -0.281. The van der Waals surface area contributed by atoms with Gasteiger partial charge in [-0.3, -0.25) is 14.4 Å². The average Bonchev–Trinajstić information content (AvgIpc) is 2.89. The quantitative estimate of drug-likeness (QED) is 0.381. The molecule has 0 aliphatic heterocycles. The van der Waals surface area contributed by atoms with Crippen LogP contribution < -0.4 is 15.4 Å². The Labute approximate surface area is 214 Å². The first-order valence-corrected chi connectivity index (χ1v) is 11.5. The zero-order chi connectivity index (χ0) is 26.8. The van der Waals surface area contributed by atoms with E-state index in [1.165, 1.54) is 31.4 Å². The third kappa shape index (κ3) is 8.21. The van der Waals surface area contributed by atoms with E-state index in [1.54, 1.807) is 24.3 Å². The number of para-hydroxylation sites is 1. The summed E-state index contributed by atoms with van der Waals surface area (Å²) in [5.41, 5.74) is 3.38. The number of amides is 2. The Morgan fingerprint density at radius 1 is 0.730 bits per heavy atom. The smallest absolute Gasteiger partial charge is 0.337 e. The Hall–Kier alpha value is -4.66. The van der Waals surface area contributed by atoms with Crippen LogP contribution in [0.4, 0.5) is 11.4 Å². The van der Waals surface area contributed by atoms with E-state index in [0.29, 0.717) is 22.7 Å². The van der Waals surface area contributed by atoms with Crippen LogP contribution in [0.2, 0.25) is 0 Å². The van der Waals surface area contributed by atoms with Crippen LogP contribution in [-0.2, 0) is 23.9 Å². The van der Waals surface area contributed by atoms with Crippen LogP contribution in [0.5, 0.6) is 11.5 Å². The zero-order valence-corrected chi connectivity index (χ0v) is 20.8. The van der Waals surface area contributed by atoms with Gasteiger partial charge in [0.25, 0.3) is 5.91 Å². The van der Waals surface area contributed by atoms with E-state index >= 15 is 0 Å². The highest BCUT2D eigenvalue weighted by Crippen LogP contribution is 2.29. The number of methoxy groups -OCH3 is 1. The van der Waals surface area contributed by atoms with Gasteiger partial charge in [-0.1, -0.05) is 18.2 Å². The molecule has 0 heterocycles. The molecular formula is C28H28N2O7. The fourth-order valence-corrected chi connectivity index (χ4v) is 3.35. The average molecular weight is 505 g/mol. The number of carbonyl (C=O) groups is 4. The van der Waals surface area contributed by atoms with Crippen molar-refractivity contribution in [2.24, 2.45) is 0 Å². The predicted molar refractivity (Wildman–Crippen MR) is 138 cm³/mol. The van der Waals surface area contributed by atoms with E-state index in [9.17, 15) is 19.2 Å². The van der Waals surface area contributed by atoms with Crippen molar-refractivity contribution in [2.75, 3.05) is 24.4 Å². The Bertz CT molecular complexity index is 1250. The first kappa shape index (κ1) is 26.9. The maximum absolute atomic E-state index is 12.2. The number of rotatable bonds is 10. The molecule has 0 aliphatic rings. The molecule has 0 aliphatic carbocycles. The number of hydrogen-bond acceptors (Lipinski definition) is 7. The minimum absolute atomic E-state index is 0.101. The van der Waals surface area contributed by atoms with Crippen molar-refractivity contribution >= 4 is 35.1 Å². The van der Waals surface area contributed by atoms with E-state index in [1.807, 2.05) is 32.0 Å². The van der Waals surface area contributed by atoms with Crippen molar-refractivity contribution < 1.29 is 33.4 Å². The Kier molecular flexibility index (Phi) is 9.37. The number of ether oxygens (including phenoxy) is 3. The number of esters is 2. The predicted octanol–water partition coefficient (Wildman–Crippen LogP) is 4.78. The lowest BCUT2D eigenvalue weighted by molar-refractivity contribution is -0.147. The SMILES string of the molecule is COC(=O)c1ccc(NC(=O)COC(=O)CCC(=O)Nc2ccc(Oc3c(C)cccc3C)cc2)cc1. The largest absolute Gasteiger partial charge is 0.465 e. The summed E-state index contributed by atoms with van der Waals surface area (Å²) in [7, 11) is 1.27. The van der Waals surface area contributed by atoms with Crippen LogP contribution in [0.25, 0.3) is 0 Å². The molecule has 0 fully saturated rings. The minimum atomic E-state index is -0.677. The molecule has 37 heavy (non-hydrogen) atoms. The lowest BCUT2D eigenvalue weighted by atomic mass is 10.1. The lowest BCUT2D eigenvalue weighted by Gasteiger charge is -2.12. The summed E-state index contributed by atoms with van der Waals surface area (Å²) in [5.74, 6) is -0.652. The molecule has 0 aromatic heterocycles. The monoisotopic (exact) mass is 504 g/mol. The van der Waals surface area contributed by atoms with Crippen LogP contribution in [0.3, 0.4) is 0 Å². The Morgan fingerprint density at radius 3 is 1.89 bits per heavy atom. The van der Waals surface area contributed by atoms with Gasteiger partial charge >= 0.3 is 11.9 Å². The second-order valence-electron chi connectivity index (χ2n) is 8.17. The van der Waals surface area contributed by atoms with Gasteiger partial charge in [0.2, 0.25) is 5.91 Å². The first-order chi connectivity index (χ1) is 17.7. The Balaban J connectivity index is 1.38. The number of aryl methyl sites for hydroxylation is 2. The number of nitrogens with one attached hydrogen (secondary N) is 2. The second kappa shape index (κ2) is 12.9. The molecular weight excluding hydrogens is 476 g/mol. The van der Waals surface area contributed by atoms with E-state index in [0.717, 1.165) is 16.9 Å². The maximum Gasteiger partial charge on any atom is 0.337 e. The first-order valence-electron chi connectivity index (χ1n) is 11.5. The third-order valence-corrected chi connectivity index (χ3v) is 5.28. The van der Waals surface area contributed by atoms with Gasteiger partial charge in [-0.15, -0.1) is 0 Å². The maximum atomic E-state index is 12.2. The molecule has 2 amide bonds. The summed E-state index contributed by atoms with van der Waals surface area (Å²) in [4.78, 5) is 47.5. The summed E-state index contributed by atoms with van der Waals surface area (Å²) in [5, 5.41) is 5.26. The number of anilines is 2. The van der Waals surface area contributed by atoms with Crippen molar-refractivity contribution in [2.45, 2.75) is 26.7 Å². The van der Waals surface area contributed by atoms with Gasteiger partial charge in [0.1, 0.15) is 11.5 Å². The zero-order valence-electron chi connectivity index (χ0n) is 20.8. The molecule has 3 aromatic rings.